The molecule has 23 heavy (non-hydrogen) atoms. The van der Waals surface area contributed by atoms with Crippen LogP contribution in [0.5, 0.6) is 0 Å². The molecular weight excluding hydrogens is 278 g/mol. The molecule has 126 valence electrons. The zero-order valence-corrected chi connectivity index (χ0v) is 15.7. The van der Waals surface area contributed by atoms with E-state index in [0.717, 1.165) is 11.8 Å². The lowest BCUT2D eigenvalue weighted by molar-refractivity contribution is 0.647. The summed E-state index contributed by atoms with van der Waals surface area (Å²) in [5.41, 5.74) is 4.16. The van der Waals surface area contributed by atoms with Crippen molar-refractivity contribution in [1.29, 1.82) is 0 Å². The fourth-order valence-corrected chi connectivity index (χ4v) is 2.52. The Kier molecular flexibility index (Phi) is 8.47. The average molecular weight is 312 g/mol. The molecule has 0 fully saturated rings. The molecular formula is C22H33N. The molecule has 2 aromatic rings. The summed E-state index contributed by atoms with van der Waals surface area (Å²) in [5.74, 6) is 1.50. The van der Waals surface area contributed by atoms with Crippen molar-refractivity contribution in [2.45, 2.75) is 40.5 Å². The molecule has 0 radical (unpaired) electrons. The lowest BCUT2D eigenvalue weighted by Gasteiger charge is -2.14. The SMILES string of the molecule is CC(C)Cc1cccc(N(C)C)c1.CC(C)Cc1ccccc1. The zero-order chi connectivity index (χ0) is 17.2. The van der Waals surface area contributed by atoms with Gasteiger partial charge in [0.15, 0.2) is 0 Å². The molecule has 0 atom stereocenters. The van der Waals surface area contributed by atoms with Gasteiger partial charge in [-0.3, -0.25) is 0 Å². The summed E-state index contributed by atoms with van der Waals surface area (Å²) in [7, 11) is 4.16. The Balaban J connectivity index is 0.000000238. The van der Waals surface area contributed by atoms with Gasteiger partial charge >= 0.3 is 0 Å². The van der Waals surface area contributed by atoms with Crippen molar-refractivity contribution >= 4 is 5.69 Å². The van der Waals surface area contributed by atoms with Gasteiger partial charge in [0.25, 0.3) is 0 Å². The predicted molar refractivity (Wildman–Crippen MR) is 104 cm³/mol. The highest BCUT2D eigenvalue weighted by Crippen LogP contribution is 2.15. The van der Waals surface area contributed by atoms with Gasteiger partial charge in [-0.2, -0.15) is 0 Å². The summed E-state index contributed by atoms with van der Waals surface area (Å²) in [6.45, 7) is 8.99. The van der Waals surface area contributed by atoms with Crippen LogP contribution in [-0.2, 0) is 12.8 Å². The summed E-state index contributed by atoms with van der Waals surface area (Å²) in [5, 5.41) is 0. The van der Waals surface area contributed by atoms with Crippen molar-refractivity contribution in [3.63, 3.8) is 0 Å². The van der Waals surface area contributed by atoms with Gasteiger partial charge < -0.3 is 4.90 Å². The van der Waals surface area contributed by atoms with Gasteiger partial charge in [0, 0.05) is 19.8 Å². The van der Waals surface area contributed by atoms with Crippen molar-refractivity contribution in [2.75, 3.05) is 19.0 Å². The van der Waals surface area contributed by atoms with Crippen LogP contribution in [0.4, 0.5) is 5.69 Å². The summed E-state index contributed by atoms with van der Waals surface area (Å²) < 4.78 is 0. The van der Waals surface area contributed by atoms with Gasteiger partial charge in [-0.1, -0.05) is 70.2 Å². The number of rotatable bonds is 5. The summed E-state index contributed by atoms with van der Waals surface area (Å²) in [6, 6.07) is 19.4. The second kappa shape index (κ2) is 10.1. The zero-order valence-electron chi connectivity index (χ0n) is 15.7. The first-order chi connectivity index (χ1) is 10.9. The molecule has 0 saturated heterocycles. The van der Waals surface area contributed by atoms with Crippen LogP contribution < -0.4 is 4.90 Å². The number of hydrogen-bond acceptors (Lipinski definition) is 1. The molecule has 0 spiro atoms. The summed E-state index contributed by atoms with van der Waals surface area (Å²) in [6.07, 6.45) is 2.36. The van der Waals surface area contributed by atoms with E-state index in [2.05, 4.69) is 101 Å². The van der Waals surface area contributed by atoms with Crippen molar-refractivity contribution < 1.29 is 0 Å². The Hall–Kier alpha value is -1.76. The summed E-state index contributed by atoms with van der Waals surface area (Å²) in [4.78, 5) is 2.14. The molecule has 2 rings (SSSR count). The van der Waals surface area contributed by atoms with E-state index in [9.17, 15) is 0 Å². The third kappa shape index (κ3) is 8.44. The Labute approximate surface area is 143 Å². The van der Waals surface area contributed by atoms with E-state index in [1.807, 2.05) is 0 Å². The van der Waals surface area contributed by atoms with E-state index >= 15 is 0 Å². The first kappa shape index (κ1) is 19.3. The topological polar surface area (TPSA) is 3.24 Å². The van der Waals surface area contributed by atoms with Gasteiger partial charge in [-0.15, -0.1) is 0 Å². The Bertz CT molecular complexity index is 541. The van der Waals surface area contributed by atoms with E-state index in [0.29, 0.717) is 0 Å². The van der Waals surface area contributed by atoms with Crippen LogP contribution in [-0.4, -0.2) is 14.1 Å². The molecule has 0 aliphatic heterocycles. The van der Waals surface area contributed by atoms with Crippen LogP contribution in [0.15, 0.2) is 54.6 Å². The van der Waals surface area contributed by atoms with Crippen molar-refractivity contribution in [2.24, 2.45) is 11.8 Å². The fourth-order valence-electron chi connectivity index (χ4n) is 2.52. The smallest absolute Gasteiger partial charge is 0.0363 e. The van der Waals surface area contributed by atoms with Crippen LogP contribution in [0.25, 0.3) is 0 Å². The molecule has 0 aliphatic rings. The third-order valence-corrected chi connectivity index (χ3v) is 3.56. The molecule has 0 saturated carbocycles. The number of nitrogens with zero attached hydrogens (tertiary/aromatic N) is 1. The monoisotopic (exact) mass is 311 g/mol. The van der Waals surface area contributed by atoms with Crippen LogP contribution in [0.2, 0.25) is 0 Å². The lowest BCUT2D eigenvalue weighted by atomic mass is 10.0. The van der Waals surface area contributed by atoms with Crippen molar-refractivity contribution in [3.8, 4) is 0 Å². The first-order valence-corrected chi connectivity index (χ1v) is 8.68. The maximum atomic E-state index is 2.26. The Morgan fingerprint density at radius 3 is 1.74 bits per heavy atom. The molecule has 0 aromatic heterocycles. The normalized spacial score (nSPS) is 10.4. The van der Waals surface area contributed by atoms with Gasteiger partial charge in [-0.05, 0) is 47.9 Å². The molecule has 1 heteroatoms. The minimum Gasteiger partial charge on any atom is -0.378 e. The lowest BCUT2D eigenvalue weighted by Crippen LogP contribution is -2.08. The Morgan fingerprint density at radius 1 is 0.696 bits per heavy atom. The molecule has 0 heterocycles. The minimum absolute atomic E-state index is 0.734. The fraction of sp³-hybridized carbons (Fsp3) is 0.455. The number of anilines is 1. The first-order valence-electron chi connectivity index (χ1n) is 8.68. The van der Waals surface area contributed by atoms with Crippen LogP contribution in [0, 0.1) is 11.8 Å². The highest BCUT2D eigenvalue weighted by atomic mass is 15.1. The van der Waals surface area contributed by atoms with E-state index in [4.69, 9.17) is 0 Å². The van der Waals surface area contributed by atoms with Gasteiger partial charge in [0.2, 0.25) is 0 Å². The molecule has 0 unspecified atom stereocenters. The van der Waals surface area contributed by atoms with E-state index in [-0.39, 0.29) is 0 Å². The highest BCUT2D eigenvalue weighted by molar-refractivity contribution is 5.47. The quantitative estimate of drug-likeness (QED) is 0.671. The number of hydrogen-bond donors (Lipinski definition) is 0. The van der Waals surface area contributed by atoms with Crippen LogP contribution in [0.1, 0.15) is 38.8 Å². The maximum Gasteiger partial charge on any atom is 0.0363 e. The van der Waals surface area contributed by atoms with Gasteiger partial charge in [-0.25, -0.2) is 0 Å². The largest absolute Gasteiger partial charge is 0.378 e. The number of benzene rings is 2. The predicted octanol–water partition coefficient (Wildman–Crippen LogP) is 5.84. The van der Waals surface area contributed by atoms with Gasteiger partial charge in [0.05, 0.1) is 0 Å². The molecule has 0 aliphatic carbocycles. The molecule has 1 nitrogen and oxygen atoms in total. The van der Waals surface area contributed by atoms with E-state index in [1.165, 1.54) is 29.7 Å². The minimum atomic E-state index is 0.734. The summed E-state index contributed by atoms with van der Waals surface area (Å²) >= 11 is 0. The molecule has 0 N–H and O–H groups in total. The van der Waals surface area contributed by atoms with Crippen molar-refractivity contribution in [3.05, 3.63) is 65.7 Å². The molecule has 0 amide bonds. The van der Waals surface area contributed by atoms with Gasteiger partial charge in [0.1, 0.15) is 0 Å². The maximum absolute atomic E-state index is 2.26. The second-order valence-electron chi connectivity index (χ2n) is 7.25. The highest BCUT2D eigenvalue weighted by Gasteiger charge is 1.99. The Morgan fingerprint density at radius 2 is 1.22 bits per heavy atom. The van der Waals surface area contributed by atoms with E-state index in [1.54, 1.807) is 0 Å². The average Bonchev–Trinajstić information content (AvgIpc) is 2.48. The second-order valence-corrected chi connectivity index (χ2v) is 7.25. The van der Waals surface area contributed by atoms with Crippen molar-refractivity contribution in [1.82, 2.24) is 0 Å². The third-order valence-electron chi connectivity index (χ3n) is 3.56. The van der Waals surface area contributed by atoms with E-state index < -0.39 is 0 Å². The molecule has 0 bridgehead atoms. The van der Waals surface area contributed by atoms with Crippen LogP contribution >= 0.6 is 0 Å². The standard InChI is InChI=1S/C12H19N.C10H14/c1-10(2)8-11-6-5-7-12(9-11)13(3)4;1-9(2)8-10-6-4-3-5-7-10/h5-7,9-10H,8H2,1-4H3;3-7,9H,8H2,1-2H3. The molecule has 2 aromatic carbocycles. The van der Waals surface area contributed by atoms with Crippen LogP contribution in [0.3, 0.4) is 0 Å².